The number of benzene rings is 1. The number of hydrogen-bond donors (Lipinski definition) is 1. The van der Waals surface area contributed by atoms with Crippen molar-refractivity contribution in [2.45, 2.75) is 51.0 Å². The molecule has 1 aromatic rings. The highest BCUT2D eigenvalue weighted by atomic mass is 79.9. The smallest absolute Gasteiger partial charge is 0.244 e. The number of sulfonamides is 1. The van der Waals surface area contributed by atoms with Crippen molar-refractivity contribution in [2.75, 3.05) is 6.61 Å². The molecule has 1 unspecified atom stereocenters. The highest BCUT2D eigenvalue weighted by molar-refractivity contribution is 9.10. The van der Waals surface area contributed by atoms with Crippen molar-refractivity contribution >= 4 is 26.0 Å². The standard InChI is InChI=1S/C15H22BrNO3S/c1-4-20-13-6-5-11(16)9-14(13)21(18,19)17-12-7-8-15(2,3)10-12/h5-6,9,12,17H,4,7-8,10H2,1-3H3. The number of nitrogens with one attached hydrogen (secondary N) is 1. The fourth-order valence-electron chi connectivity index (χ4n) is 2.79. The Morgan fingerprint density at radius 1 is 1.43 bits per heavy atom. The molecule has 0 bridgehead atoms. The van der Waals surface area contributed by atoms with Gasteiger partial charge in [-0.25, -0.2) is 13.1 Å². The van der Waals surface area contributed by atoms with E-state index in [2.05, 4.69) is 34.5 Å². The van der Waals surface area contributed by atoms with Gasteiger partial charge in [0.05, 0.1) is 6.61 Å². The van der Waals surface area contributed by atoms with Crippen molar-refractivity contribution in [3.05, 3.63) is 22.7 Å². The molecule has 1 N–H and O–H groups in total. The lowest BCUT2D eigenvalue weighted by molar-refractivity contribution is 0.330. The van der Waals surface area contributed by atoms with Crippen LogP contribution in [0, 0.1) is 5.41 Å². The summed E-state index contributed by atoms with van der Waals surface area (Å²) in [5.41, 5.74) is 0.202. The van der Waals surface area contributed by atoms with Crippen molar-refractivity contribution in [1.29, 1.82) is 0 Å². The molecule has 21 heavy (non-hydrogen) atoms. The Balaban J connectivity index is 2.25. The van der Waals surface area contributed by atoms with Crippen molar-refractivity contribution in [3.8, 4) is 5.75 Å². The Labute approximate surface area is 135 Å². The summed E-state index contributed by atoms with van der Waals surface area (Å²) in [7, 11) is -3.57. The zero-order valence-corrected chi connectivity index (χ0v) is 15.1. The van der Waals surface area contributed by atoms with E-state index < -0.39 is 10.0 Å². The van der Waals surface area contributed by atoms with Gasteiger partial charge in [-0.15, -0.1) is 0 Å². The predicted molar refractivity (Wildman–Crippen MR) is 87.1 cm³/mol. The van der Waals surface area contributed by atoms with Gasteiger partial charge in [-0.05, 0) is 49.8 Å². The molecule has 0 spiro atoms. The first-order valence-electron chi connectivity index (χ1n) is 7.18. The fourth-order valence-corrected chi connectivity index (χ4v) is 4.74. The van der Waals surface area contributed by atoms with Crippen molar-refractivity contribution < 1.29 is 13.2 Å². The van der Waals surface area contributed by atoms with Crippen LogP contribution in [0.2, 0.25) is 0 Å². The quantitative estimate of drug-likeness (QED) is 0.853. The molecule has 0 aromatic heterocycles. The van der Waals surface area contributed by atoms with E-state index in [1.165, 1.54) is 0 Å². The average Bonchev–Trinajstić information content (AvgIpc) is 2.70. The molecular formula is C15H22BrNO3S. The third-order valence-electron chi connectivity index (χ3n) is 3.79. The zero-order valence-electron chi connectivity index (χ0n) is 12.6. The summed E-state index contributed by atoms with van der Waals surface area (Å²) < 4.78 is 34.3. The van der Waals surface area contributed by atoms with E-state index in [1.54, 1.807) is 18.2 Å². The van der Waals surface area contributed by atoms with Crippen LogP contribution in [-0.4, -0.2) is 21.1 Å². The van der Waals surface area contributed by atoms with Crippen LogP contribution in [0.4, 0.5) is 0 Å². The maximum absolute atomic E-state index is 12.6. The molecule has 0 saturated heterocycles. The van der Waals surface area contributed by atoms with E-state index in [-0.39, 0.29) is 16.4 Å². The van der Waals surface area contributed by atoms with Gasteiger partial charge in [0.15, 0.2) is 0 Å². The number of hydrogen-bond acceptors (Lipinski definition) is 3. The van der Waals surface area contributed by atoms with Crippen LogP contribution in [0.3, 0.4) is 0 Å². The molecule has 4 nitrogen and oxygen atoms in total. The largest absolute Gasteiger partial charge is 0.492 e. The summed E-state index contributed by atoms with van der Waals surface area (Å²) in [6, 6.07) is 5.05. The fraction of sp³-hybridized carbons (Fsp3) is 0.600. The normalized spacial score (nSPS) is 21.4. The molecule has 1 fully saturated rings. The minimum absolute atomic E-state index is 0.00143. The molecular weight excluding hydrogens is 354 g/mol. The van der Waals surface area contributed by atoms with Crippen LogP contribution in [0.1, 0.15) is 40.0 Å². The van der Waals surface area contributed by atoms with Gasteiger partial charge in [-0.2, -0.15) is 0 Å². The Morgan fingerprint density at radius 2 is 2.14 bits per heavy atom. The molecule has 0 heterocycles. The molecule has 6 heteroatoms. The summed E-state index contributed by atoms with van der Waals surface area (Å²) >= 11 is 3.32. The molecule has 0 radical (unpaired) electrons. The highest BCUT2D eigenvalue weighted by Gasteiger charge is 2.34. The van der Waals surface area contributed by atoms with E-state index in [9.17, 15) is 8.42 Å². The predicted octanol–water partition coefficient (Wildman–Crippen LogP) is 3.70. The van der Waals surface area contributed by atoms with Gasteiger partial charge in [0.25, 0.3) is 0 Å². The van der Waals surface area contributed by atoms with Crippen LogP contribution < -0.4 is 9.46 Å². The van der Waals surface area contributed by atoms with Crippen molar-refractivity contribution in [1.82, 2.24) is 4.72 Å². The number of halogens is 1. The first kappa shape index (κ1) is 16.8. The molecule has 1 aliphatic carbocycles. The Kier molecular flexibility index (Phi) is 5.00. The maximum atomic E-state index is 12.6. The lowest BCUT2D eigenvalue weighted by atomic mass is 9.92. The van der Waals surface area contributed by atoms with E-state index in [0.29, 0.717) is 12.4 Å². The number of ether oxygens (including phenoxy) is 1. The van der Waals surface area contributed by atoms with Crippen molar-refractivity contribution in [3.63, 3.8) is 0 Å². The topological polar surface area (TPSA) is 55.4 Å². The van der Waals surface area contributed by atoms with Crippen LogP contribution in [0.15, 0.2) is 27.6 Å². The number of rotatable bonds is 5. The lowest BCUT2D eigenvalue weighted by Gasteiger charge is -2.19. The minimum atomic E-state index is -3.57. The molecule has 1 atom stereocenters. The van der Waals surface area contributed by atoms with Crippen molar-refractivity contribution in [2.24, 2.45) is 5.41 Å². The van der Waals surface area contributed by atoms with Gasteiger partial charge in [-0.1, -0.05) is 29.8 Å². The van der Waals surface area contributed by atoms with E-state index >= 15 is 0 Å². The second-order valence-electron chi connectivity index (χ2n) is 6.25. The summed E-state index contributed by atoms with van der Waals surface area (Å²) in [5, 5.41) is 0. The van der Waals surface area contributed by atoms with Gasteiger partial charge in [0, 0.05) is 10.5 Å². The summed E-state index contributed by atoms with van der Waals surface area (Å²) in [4.78, 5) is 0.198. The Bertz CT molecular complexity index is 613. The van der Waals surface area contributed by atoms with Gasteiger partial charge in [-0.3, -0.25) is 0 Å². The molecule has 2 rings (SSSR count). The second kappa shape index (κ2) is 6.26. The van der Waals surface area contributed by atoms with Gasteiger partial charge in [0.2, 0.25) is 10.0 Å². The van der Waals surface area contributed by atoms with Crippen LogP contribution in [0.25, 0.3) is 0 Å². The Morgan fingerprint density at radius 3 is 2.71 bits per heavy atom. The average molecular weight is 376 g/mol. The molecule has 1 aliphatic rings. The van der Waals surface area contributed by atoms with Crippen LogP contribution in [-0.2, 0) is 10.0 Å². The minimum Gasteiger partial charge on any atom is -0.492 e. The molecule has 118 valence electrons. The second-order valence-corrected chi connectivity index (χ2v) is 8.85. The van der Waals surface area contributed by atoms with E-state index in [1.807, 2.05) is 6.92 Å². The van der Waals surface area contributed by atoms with E-state index in [0.717, 1.165) is 23.7 Å². The third kappa shape index (κ3) is 4.20. The first-order valence-corrected chi connectivity index (χ1v) is 9.46. The Hall–Kier alpha value is -0.590. The summed E-state index contributed by atoms with van der Waals surface area (Å²) in [6.07, 6.45) is 2.78. The first-order chi connectivity index (χ1) is 9.73. The monoisotopic (exact) mass is 375 g/mol. The molecule has 0 amide bonds. The van der Waals surface area contributed by atoms with Gasteiger partial charge in [0.1, 0.15) is 10.6 Å². The van der Waals surface area contributed by atoms with Gasteiger partial charge < -0.3 is 4.74 Å². The van der Waals surface area contributed by atoms with Crippen LogP contribution >= 0.6 is 15.9 Å². The molecule has 0 aliphatic heterocycles. The van der Waals surface area contributed by atoms with Crippen LogP contribution in [0.5, 0.6) is 5.75 Å². The SMILES string of the molecule is CCOc1ccc(Br)cc1S(=O)(=O)NC1CCC(C)(C)C1. The van der Waals surface area contributed by atoms with E-state index in [4.69, 9.17) is 4.74 Å². The maximum Gasteiger partial charge on any atom is 0.244 e. The zero-order chi connectivity index (χ0) is 15.7. The molecule has 1 aromatic carbocycles. The molecule has 1 saturated carbocycles. The lowest BCUT2D eigenvalue weighted by Crippen LogP contribution is -2.33. The summed E-state index contributed by atoms with van der Waals surface area (Å²) in [5.74, 6) is 0.394. The third-order valence-corrected chi connectivity index (χ3v) is 5.82. The highest BCUT2D eigenvalue weighted by Crippen LogP contribution is 2.38. The summed E-state index contributed by atoms with van der Waals surface area (Å²) in [6.45, 7) is 6.62. The van der Waals surface area contributed by atoms with Gasteiger partial charge >= 0.3 is 0 Å².